The van der Waals surface area contributed by atoms with Gasteiger partial charge in [0.1, 0.15) is 24.2 Å². The molecular weight excluding hydrogens is 354 g/mol. The van der Waals surface area contributed by atoms with E-state index >= 15 is 0 Å². The Bertz CT molecular complexity index is 465. The number of Topliss-reactive ketones (excluding diaryl/α,β-unsaturated/α-hetero) is 2. The van der Waals surface area contributed by atoms with Crippen molar-refractivity contribution in [2.75, 3.05) is 26.4 Å². The molecule has 0 aromatic carbocycles. The molecule has 0 saturated carbocycles. The predicted molar refractivity (Wildman–Crippen MR) is 99.5 cm³/mol. The molecule has 27 heavy (non-hydrogen) atoms. The van der Waals surface area contributed by atoms with Crippen LogP contribution >= 0.6 is 0 Å². The Morgan fingerprint density at radius 2 is 1.44 bits per heavy atom. The van der Waals surface area contributed by atoms with Crippen LogP contribution in [-0.2, 0) is 28.7 Å². The Kier molecular flexibility index (Phi) is 15.3. The molecule has 0 aromatic heterocycles. The lowest BCUT2D eigenvalue weighted by atomic mass is 10.1. The zero-order valence-corrected chi connectivity index (χ0v) is 16.5. The van der Waals surface area contributed by atoms with E-state index in [2.05, 4.69) is 5.32 Å². The number of aliphatic carboxylic acids is 1. The summed E-state index contributed by atoms with van der Waals surface area (Å²) in [5.41, 5.74) is 0. The molecule has 2 N–H and O–H groups in total. The van der Waals surface area contributed by atoms with Crippen molar-refractivity contribution in [1.29, 1.82) is 0 Å². The van der Waals surface area contributed by atoms with Crippen LogP contribution in [-0.4, -0.2) is 61.0 Å². The van der Waals surface area contributed by atoms with Crippen molar-refractivity contribution in [3.8, 4) is 0 Å². The minimum Gasteiger partial charge on any atom is -0.480 e. The summed E-state index contributed by atoms with van der Waals surface area (Å²) in [7, 11) is 0. The van der Waals surface area contributed by atoms with Crippen LogP contribution < -0.4 is 5.32 Å². The van der Waals surface area contributed by atoms with Crippen LogP contribution in [0.5, 0.6) is 0 Å². The molecule has 8 heteroatoms. The van der Waals surface area contributed by atoms with Gasteiger partial charge in [-0.1, -0.05) is 20.3 Å². The second-order valence-electron chi connectivity index (χ2n) is 6.26. The average molecular weight is 387 g/mol. The van der Waals surface area contributed by atoms with E-state index in [1.165, 1.54) is 0 Å². The highest BCUT2D eigenvalue weighted by Crippen LogP contribution is 2.06. The van der Waals surface area contributed by atoms with Crippen LogP contribution in [0.15, 0.2) is 0 Å². The molecule has 1 atom stereocenters. The number of unbranched alkanes of at least 4 members (excludes halogenated alkanes) is 1. The van der Waals surface area contributed by atoms with Crippen molar-refractivity contribution >= 4 is 23.4 Å². The maximum absolute atomic E-state index is 11.8. The molecule has 0 aliphatic heterocycles. The monoisotopic (exact) mass is 387 g/mol. The van der Waals surface area contributed by atoms with Crippen LogP contribution in [0.1, 0.15) is 65.2 Å². The lowest BCUT2D eigenvalue weighted by Gasteiger charge is -2.14. The fourth-order valence-corrected chi connectivity index (χ4v) is 2.27. The van der Waals surface area contributed by atoms with Crippen molar-refractivity contribution in [1.82, 2.24) is 5.32 Å². The first-order chi connectivity index (χ1) is 12.9. The number of carboxylic acids is 1. The van der Waals surface area contributed by atoms with Crippen molar-refractivity contribution < 1.29 is 33.8 Å². The molecule has 0 rings (SSSR count). The third kappa shape index (κ3) is 15.0. The fraction of sp³-hybridized carbons (Fsp3) is 0.789. The number of amides is 1. The van der Waals surface area contributed by atoms with E-state index in [1.807, 2.05) is 6.92 Å². The van der Waals surface area contributed by atoms with Crippen molar-refractivity contribution in [3.63, 3.8) is 0 Å². The third-order valence-electron chi connectivity index (χ3n) is 3.97. The molecule has 0 radical (unpaired) electrons. The summed E-state index contributed by atoms with van der Waals surface area (Å²) in [6.07, 6.45) is 4.07. The van der Waals surface area contributed by atoms with Gasteiger partial charge in [0, 0.05) is 32.3 Å². The number of hydrogen-bond acceptors (Lipinski definition) is 6. The summed E-state index contributed by atoms with van der Waals surface area (Å²) in [5.74, 6) is -1.24. The number of nitrogens with one attached hydrogen (secondary N) is 1. The quantitative estimate of drug-likeness (QED) is 0.345. The van der Waals surface area contributed by atoms with Crippen LogP contribution in [0.25, 0.3) is 0 Å². The Balaban J connectivity index is 3.78. The molecule has 0 spiro atoms. The van der Waals surface area contributed by atoms with Gasteiger partial charge in [-0.05, 0) is 19.3 Å². The minimum absolute atomic E-state index is 0.151. The molecule has 8 nitrogen and oxygen atoms in total. The summed E-state index contributed by atoms with van der Waals surface area (Å²) in [4.78, 5) is 45.3. The van der Waals surface area contributed by atoms with Gasteiger partial charge in [0.2, 0.25) is 5.91 Å². The number of carboxylic acid groups (broad SMARTS) is 1. The Morgan fingerprint density at radius 3 is 2.04 bits per heavy atom. The van der Waals surface area contributed by atoms with E-state index in [-0.39, 0.29) is 31.2 Å². The Hall–Kier alpha value is -1.80. The molecule has 0 aromatic rings. The van der Waals surface area contributed by atoms with Gasteiger partial charge in [-0.3, -0.25) is 14.4 Å². The largest absolute Gasteiger partial charge is 0.480 e. The molecule has 1 amide bonds. The topological polar surface area (TPSA) is 119 Å². The molecular formula is C19H33NO7. The lowest BCUT2D eigenvalue weighted by molar-refractivity contribution is -0.142. The number of rotatable bonds is 18. The van der Waals surface area contributed by atoms with Crippen molar-refractivity contribution in [3.05, 3.63) is 0 Å². The standard InChI is InChI=1S/C19H33NO7/c1-3-15(21)8-5-6-10-17(19(24)25)20-18(23)14-27-13-12-26-11-7-9-16(22)4-2/h17H,3-14H2,1-2H3,(H,20,23)(H,24,25). The molecule has 0 saturated heterocycles. The van der Waals surface area contributed by atoms with E-state index in [0.29, 0.717) is 58.2 Å². The molecule has 0 bridgehead atoms. The van der Waals surface area contributed by atoms with Gasteiger partial charge >= 0.3 is 5.97 Å². The van der Waals surface area contributed by atoms with E-state index in [9.17, 15) is 19.2 Å². The zero-order valence-electron chi connectivity index (χ0n) is 16.5. The predicted octanol–water partition coefficient (Wildman–Crippen LogP) is 1.89. The second kappa shape index (κ2) is 16.4. The van der Waals surface area contributed by atoms with Crippen LogP contribution in [0.2, 0.25) is 0 Å². The summed E-state index contributed by atoms with van der Waals surface area (Å²) in [6, 6.07) is -0.981. The van der Waals surface area contributed by atoms with Gasteiger partial charge in [0.05, 0.1) is 13.2 Å². The first kappa shape index (κ1) is 25.2. The minimum atomic E-state index is -1.10. The number of ketones is 2. The zero-order chi connectivity index (χ0) is 20.5. The molecule has 1 unspecified atom stereocenters. The van der Waals surface area contributed by atoms with E-state index in [1.54, 1.807) is 6.92 Å². The third-order valence-corrected chi connectivity index (χ3v) is 3.97. The van der Waals surface area contributed by atoms with Crippen LogP contribution in [0, 0.1) is 0 Å². The second-order valence-corrected chi connectivity index (χ2v) is 6.26. The number of carbonyl (C=O) groups is 4. The first-order valence-corrected chi connectivity index (χ1v) is 9.61. The van der Waals surface area contributed by atoms with Crippen molar-refractivity contribution in [2.45, 2.75) is 71.3 Å². The molecule has 0 heterocycles. The van der Waals surface area contributed by atoms with Gasteiger partial charge < -0.3 is 19.9 Å². The van der Waals surface area contributed by atoms with E-state index < -0.39 is 17.9 Å². The Morgan fingerprint density at radius 1 is 0.852 bits per heavy atom. The van der Waals surface area contributed by atoms with E-state index in [0.717, 1.165) is 0 Å². The number of ether oxygens (including phenoxy) is 2. The molecule has 0 aliphatic carbocycles. The normalized spacial score (nSPS) is 11.8. The van der Waals surface area contributed by atoms with Gasteiger partial charge in [0.25, 0.3) is 0 Å². The maximum Gasteiger partial charge on any atom is 0.326 e. The molecule has 0 aliphatic rings. The van der Waals surface area contributed by atoms with Gasteiger partial charge in [-0.15, -0.1) is 0 Å². The summed E-state index contributed by atoms with van der Waals surface area (Å²) < 4.78 is 10.4. The first-order valence-electron chi connectivity index (χ1n) is 9.61. The SMILES string of the molecule is CCC(=O)CCCCC(NC(=O)COCCOCCCC(=O)CC)C(=O)O. The lowest BCUT2D eigenvalue weighted by Crippen LogP contribution is -2.42. The van der Waals surface area contributed by atoms with Crippen LogP contribution in [0.3, 0.4) is 0 Å². The summed E-state index contributed by atoms with van der Waals surface area (Å²) in [5, 5.41) is 11.6. The molecule has 0 fully saturated rings. The van der Waals surface area contributed by atoms with Gasteiger partial charge in [-0.25, -0.2) is 4.79 Å². The smallest absolute Gasteiger partial charge is 0.326 e. The van der Waals surface area contributed by atoms with Crippen molar-refractivity contribution in [2.24, 2.45) is 0 Å². The summed E-state index contributed by atoms with van der Waals surface area (Å²) >= 11 is 0. The molecule has 156 valence electrons. The fourth-order valence-electron chi connectivity index (χ4n) is 2.27. The maximum atomic E-state index is 11.8. The highest BCUT2D eigenvalue weighted by molar-refractivity contribution is 5.84. The highest BCUT2D eigenvalue weighted by atomic mass is 16.5. The summed E-state index contributed by atoms with van der Waals surface area (Å²) in [6.45, 7) is 4.36. The highest BCUT2D eigenvalue weighted by Gasteiger charge is 2.19. The number of carbonyl (C=O) groups excluding carboxylic acids is 3. The Labute approximate surface area is 161 Å². The number of hydrogen-bond donors (Lipinski definition) is 2. The van der Waals surface area contributed by atoms with Gasteiger partial charge in [0.15, 0.2) is 0 Å². The van der Waals surface area contributed by atoms with Crippen LogP contribution in [0.4, 0.5) is 0 Å². The average Bonchev–Trinajstić information content (AvgIpc) is 2.65. The van der Waals surface area contributed by atoms with E-state index in [4.69, 9.17) is 14.6 Å². The van der Waals surface area contributed by atoms with Gasteiger partial charge in [-0.2, -0.15) is 0 Å².